The fourth-order valence-electron chi connectivity index (χ4n) is 3.96. The Morgan fingerprint density at radius 1 is 1.37 bits per heavy atom. The van der Waals surface area contributed by atoms with Crippen LogP contribution < -0.4 is 9.80 Å². The molecule has 0 radical (unpaired) electrons. The van der Waals surface area contributed by atoms with Crippen molar-refractivity contribution >= 4 is 28.4 Å². The number of ether oxygens (including phenoxy) is 1. The van der Waals surface area contributed by atoms with Crippen LogP contribution in [-0.4, -0.2) is 64.9 Å². The van der Waals surface area contributed by atoms with E-state index >= 15 is 0 Å². The van der Waals surface area contributed by atoms with Crippen LogP contribution in [0.25, 0.3) is 22.3 Å². The van der Waals surface area contributed by atoms with Crippen molar-refractivity contribution in [1.82, 2.24) is 15.0 Å². The maximum absolute atomic E-state index is 11.3. The molecule has 1 unspecified atom stereocenters. The molecule has 3 aromatic rings. The van der Waals surface area contributed by atoms with Gasteiger partial charge >= 0.3 is 5.97 Å². The molecule has 2 aromatic heterocycles. The third-order valence-electron chi connectivity index (χ3n) is 5.18. The number of nitrogens with one attached hydrogen (secondary N) is 1. The van der Waals surface area contributed by atoms with E-state index in [-0.39, 0.29) is 12.6 Å². The molecule has 2 N–H and O–H groups in total. The minimum Gasteiger partial charge on any atom is -0.480 e. The highest BCUT2D eigenvalue weighted by molar-refractivity contribution is 5.93. The van der Waals surface area contributed by atoms with E-state index in [1.54, 1.807) is 6.20 Å². The highest BCUT2D eigenvalue weighted by atomic mass is 16.5. The number of carbonyl (C=O) groups is 1. The monoisotopic (exact) mass is 365 g/mol. The Hall–Kier alpha value is -3.13. The zero-order valence-corrected chi connectivity index (χ0v) is 14.6. The van der Waals surface area contributed by atoms with Crippen LogP contribution in [-0.2, 0) is 9.53 Å². The fourth-order valence-corrected chi connectivity index (χ4v) is 3.96. The van der Waals surface area contributed by atoms with Gasteiger partial charge in [-0.3, -0.25) is 4.79 Å². The van der Waals surface area contributed by atoms with E-state index in [9.17, 15) is 9.90 Å². The summed E-state index contributed by atoms with van der Waals surface area (Å²) in [7, 11) is 0. The Balaban J connectivity index is 1.63. The summed E-state index contributed by atoms with van der Waals surface area (Å²) in [5.74, 6) is 0.557. The topological polar surface area (TPSA) is 94.6 Å². The molecule has 1 aromatic carbocycles. The van der Waals surface area contributed by atoms with Crippen molar-refractivity contribution in [2.75, 3.05) is 42.6 Å². The van der Waals surface area contributed by atoms with Crippen LogP contribution in [0.15, 0.2) is 36.7 Å². The number of aliphatic carboxylic acids is 1. The van der Waals surface area contributed by atoms with Crippen LogP contribution in [0.2, 0.25) is 0 Å². The van der Waals surface area contributed by atoms with Gasteiger partial charge in [0.15, 0.2) is 11.6 Å². The summed E-state index contributed by atoms with van der Waals surface area (Å²) >= 11 is 0. The molecule has 0 bridgehead atoms. The zero-order valence-electron chi connectivity index (χ0n) is 14.6. The lowest BCUT2D eigenvalue weighted by molar-refractivity contribution is -0.135. The maximum Gasteiger partial charge on any atom is 0.323 e. The minimum atomic E-state index is -0.868. The Labute approximate surface area is 155 Å². The molecular weight excluding hydrogens is 346 g/mol. The summed E-state index contributed by atoms with van der Waals surface area (Å²) in [5, 5.41) is 10.3. The predicted molar refractivity (Wildman–Crippen MR) is 101 cm³/mol. The number of nitrogens with zero attached hydrogens (tertiary/aromatic N) is 4. The number of hydrogen-bond acceptors (Lipinski definition) is 6. The molecule has 0 saturated carbocycles. The number of aromatic amines is 1. The number of H-pyrrole nitrogens is 1. The molecule has 27 heavy (non-hydrogen) atoms. The number of carboxylic acids is 1. The second kappa shape index (κ2) is 6.24. The van der Waals surface area contributed by atoms with Gasteiger partial charge in [-0.15, -0.1) is 0 Å². The van der Waals surface area contributed by atoms with Crippen LogP contribution in [0.1, 0.15) is 0 Å². The van der Waals surface area contributed by atoms with Gasteiger partial charge in [-0.25, -0.2) is 9.97 Å². The molecular formula is C19H19N5O3. The van der Waals surface area contributed by atoms with Crippen LogP contribution in [0.5, 0.6) is 0 Å². The number of fused-ring (bicyclic) bond motifs is 4. The number of hydrogen-bond donors (Lipinski definition) is 2. The van der Waals surface area contributed by atoms with Gasteiger partial charge in [-0.2, -0.15) is 0 Å². The number of benzene rings is 1. The third-order valence-corrected chi connectivity index (χ3v) is 5.18. The molecule has 0 amide bonds. The first kappa shape index (κ1) is 16.1. The zero-order chi connectivity index (χ0) is 18.4. The van der Waals surface area contributed by atoms with E-state index in [0.29, 0.717) is 25.6 Å². The SMILES string of the molecule is O=C(O)CN1CC2COCCN2c2nc(-c3cccc4[nH]ccc34)ncc21. The molecule has 2 aliphatic rings. The number of anilines is 2. The molecule has 0 spiro atoms. The van der Waals surface area contributed by atoms with Gasteiger partial charge in [-0.1, -0.05) is 12.1 Å². The Bertz CT molecular complexity index is 1020. The maximum atomic E-state index is 11.3. The van der Waals surface area contributed by atoms with E-state index in [4.69, 9.17) is 9.72 Å². The lowest BCUT2D eigenvalue weighted by Crippen LogP contribution is -2.56. The molecule has 0 aliphatic carbocycles. The Kier molecular flexibility index (Phi) is 3.71. The normalized spacial score (nSPS) is 19.0. The average Bonchev–Trinajstić information content (AvgIpc) is 3.16. The second-order valence-electron chi connectivity index (χ2n) is 6.84. The molecule has 1 atom stereocenters. The fraction of sp³-hybridized carbons (Fsp3) is 0.316. The lowest BCUT2D eigenvalue weighted by Gasteiger charge is -2.45. The molecule has 8 nitrogen and oxygen atoms in total. The summed E-state index contributed by atoms with van der Waals surface area (Å²) in [5.41, 5.74) is 2.75. The van der Waals surface area contributed by atoms with Gasteiger partial charge in [-0.05, 0) is 12.1 Å². The van der Waals surface area contributed by atoms with E-state index in [1.807, 2.05) is 35.4 Å². The summed E-state index contributed by atoms with van der Waals surface area (Å²) in [6, 6.07) is 8.11. The Morgan fingerprint density at radius 3 is 3.19 bits per heavy atom. The number of aromatic nitrogens is 3. The first-order chi connectivity index (χ1) is 13.2. The van der Waals surface area contributed by atoms with Gasteiger partial charge in [0.2, 0.25) is 0 Å². The summed E-state index contributed by atoms with van der Waals surface area (Å²) < 4.78 is 5.61. The lowest BCUT2D eigenvalue weighted by atomic mass is 10.1. The van der Waals surface area contributed by atoms with Crippen molar-refractivity contribution in [1.29, 1.82) is 0 Å². The van der Waals surface area contributed by atoms with Gasteiger partial charge in [0.05, 0.1) is 31.1 Å². The first-order valence-electron chi connectivity index (χ1n) is 8.95. The predicted octanol–water partition coefficient (Wildman–Crippen LogP) is 1.73. The van der Waals surface area contributed by atoms with Crippen LogP contribution >= 0.6 is 0 Å². The van der Waals surface area contributed by atoms with Crippen LogP contribution in [0.3, 0.4) is 0 Å². The smallest absolute Gasteiger partial charge is 0.323 e. The highest BCUT2D eigenvalue weighted by Gasteiger charge is 2.35. The summed E-state index contributed by atoms with van der Waals surface area (Å²) in [4.78, 5) is 28.0. The van der Waals surface area contributed by atoms with Crippen LogP contribution in [0, 0.1) is 0 Å². The van der Waals surface area contributed by atoms with E-state index in [1.165, 1.54) is 0 Å². The van der Waals surface area contributed by atoms with Crippen molar-refractivity contribution in [2.24, 2.45) is 0 Å². The molecule has 1 saturated heterocycles. The van der Waals surface area contributed by atoms with Crippen molar-refractivity contribution in [2.45, 2.75) is 6.04 Å². The van der Waals surface area contributed by atoms with E-state index in [0.717, 1.165) is 34.5 Å². The van der Waals surface area contributed by atoms with E-state index < -0.39 is 5.97 Å². The number of morpholine rings is 1. The second-order valence-corrected chi connectivity index (χ2v) is 6.84. The standard InChI is InChI=1S/C19H19N5O3/c25-17(26)10-23-9-12-11-27-7-6-24(12)19-16(23)8-21-18(22-19)14-2-1-3-15-13(14)4-5-20-15/h1-5,8,12,20H,6-7,9-11H2,(H,25,26). The highest BCUT2D eigenvalue weighted by Crippen LogP contribution is 2.36. The van der Waals surface area contributed by atoms with Crippen molar-refractivity contribution < 1.29 is 14.6 Å². The Morgan fingerprint density at radius 2 is 2.30 bits per heavy atom. The number of carboxylic acid groups (broad SMARTS) is 1. The van der Waals surface area contributed by atoms with Crippen molar-refractivity contribution in [3.05, 3.63) is 36.7 Å². The summed E-state index contributed by atoms with van der Waals surface area (Å²) in [6.45, 7) is 2.47. The molecule has 2 aliphatic heterocycles. The molecule has 138 valence electrons. The molecule has 4 heterocycles. The van der Waals surface area contributed by atoms with E-state index in [2.05, 4.69) is 14.9 Å². The molecule has 8 heteroatoms. The minimum absolute atomic E-state index is 0.0760. The van der Waals surface area contributed by atoms with Gasteiger partial charge < -0.3 is 24.6 Å². The van der Waals surface area contributed by atoms with Gasteiger partial charge in [0.25, 0.3) is 0 Å². The summed E-state index contributed by atoms with van der Waals surface area (Å²) in [6.07, 6.45) is 3.65. The quantitative estimate of drug-likeness (QED) is 0.730. The average molecular weight is 365 g/mol. The van der Waals surface area contributed by atoms with Gasteiger partial charge in [0, 0.05) is 35.8 Å². The molecule has 5 rings (SSSR count). The van der Waals surface area contributed by atoms with Crippen LogP contribution in [0.4, 0.5) is 11.5 Å². The first-order valence-corrected chi connectivity index (χ1v) is 8.95. The third kappa shape index (κ3) is 2.69. The largest absolute Gasteiger partial charge is 0.480 e. The van der Waals surface area contributed by atoms with Crippen molar-refractivity contribution in [3.8, 4) is 11.4 Å². The molecule has 1 fully saturated rings. The number of rotatable bonds is 3. The van der Waals surface area contributed by atoms with Gasteiger partial charge in [0.1, 0.15) is 6.54 Å². The van der Waals surface area contributed by atoms with Crippen molar-refractivity contribution in [3.63, 3.8) is 0 Å².